The SMILES string of the molecule is COc1nc(N(C)C)ncc1-n1nc2c(c1C(C)C)C(c1ccc(C#N)cc1)N(C1=CCC(=O)C(Cl)=C1)C2=O. The van der Waals surface area contributed by atoms with Gasteiger partial charge in [-0.25, -0.2) is 9.67 Å². The van der Waals surface area contributed by atoms with Gasteiger partial charge in [0.05, 0.1) is 41.7 Å². The average Bonchev–Trinajstić information content (AvgIpc) is 3.45. The standard InChI is InChI=1S/C28H26ClN7O3/c1-15(2)24-22-23(33-36(24)20-14-31-28(34(3)4)32-26(20)39-5)27(38)35(18-10-11-21(37)19(29)12-18)25(22)17-8-6-16(13-30)7-9-17/h6-10,12,14-15,25H,11H2,1-5H3. The Hall–Kier alpha value is -4.49. The van der Waals surface area contributed by atoms with Crippen LogP contribution >= 0.6 is 11.6 Å². The molecule has 1 aliphatic heterocycles. The van der Waals surface area contributed by atoms with E-state index in [1.165, 1.54) is 13.2 Å². The van der Waals surface area contributed by atoms with Crippen molar-refractivity contribution in [1.29, 1.82) is 5.26 Å². The molecule has 0 saturated carbocycles. The number of amides is 1. The number of carbonyl (C=O) groups is 2. The van der Waals surface area contributed by atoms with Gasteiger partial charge < -0.3 is 9.64 Å². The smallest absolute Gasteiger partial charge is 0.280 e. The lowest BCUT2D eigenvalue weighted by atomic mass is 9.93. The van der Waals surface area contributed by atoms with E-state index >= 15 is 0 Å². The number of methoxy groups -OCH3 is 1. The van der Waals surface area contributed by atoms with Crippen molar-refractivity contribution in [2.45, 2.75) is 32.2 Å². The summed E-state index contributed by atoms with van der Waals surface area (Å²) in [6.45, 7) is 4.04. The van der Waals surface area contributed by atoms with Crippen LogP contribution in [0.5, 0.6) is 5.88 Å². The molecule has 198 valence electrons. The van der Waals surface area contributed by atoms with Crippen molar-refractivity contribution in [2.75, 3.05) is 26.1 Å². The van der Waals surface area contributed by atoms with E-state index in [4.69, 9.17) is 21.4 Å². The number of halogens is 1. The summed E-state index contributed by atoms with van der Waals surface area (Å²) in [6, 6.07) is 8.65. The Morgan fingerprint density at radius 3 is 2.51 bits per heavy atom. The number of aromatic nitrogens is 4. The van der Waals surface area contributed by atoms with Gasteiger partial charge in [-0.2, -0.15) is 15.3 Å². The monoisotopic (exact) mass is 543 g/mol. The van der Waals surface area contributed by atoms with Gasteiger partial charge in [-0.15, -0.1) is 0 Å². The Morgan fingerprint density at radius 2 is 1.92 bits per heavy atom. The molecule has 11 heteroatoms. The van der Waals surface area contributed by atoms with E-state index in [1.807, 2.05) is 40.1 Å². The zero-order valence-electron chi connectivity index (χ0n) is 22.1. The van der Waals surface area contributed by atoms with Crippen LogP contribution in [-0.2, 0) is 4.79 Å². The van der Waals surface area contributed by atoms with Crippen LogP contribution < -0.4 is 9.64 Å². The van der Waals surface area contributed by atoms with Gasteiger partial charge in [-0.3, -0.25) is 14.5 Å². The molecule has 3 heterocycles. The fourth-order valence-corrected chi connectivity index (χ4v) is 5.08. The summed E-state index contributed by atoms with van der Waals surface area (Å²) in [4.78, 5) is 38.5. The Morgan fingerprint density at radius 1 is 1.21 bits per heavy atom. The molecule has 0 radical (unpaired) electrons. The summed E-state index contributed by atoms with van der Waals surface area (Å²) < 4.78 is 7.28. The van der Waals surface area contributed by atoms with E-state index in [9.17, 15) is 14.9 Å². The lowest BCUT2D eigenvalue weighted by molar-refractivity contribution is -0.114. The molecular weight excluding hydrogens is 518 g/mol. The molecule has 0 spiro atoms. The van der Waals surface area contributed by atoms with Crippen molar-refractivity contribution < 1.29 is 14.3 Å². The van der Waals surface area contributed by atoms with Crippen molar-refractivity contribution in [3.05, 3.63) is 81.4 Å². The van der Waals surface area contributed by atoms with Crippen molar-refractivity contribution in [3.63, 3.8) is 0 Å². The minimum Gasteiger partial charge on any atom is -0.479 e. The van der Waals surface area contributed by atoms with Gasteiger partial charge in [0, 0.05) is 31.8 Å². The number of allylic oxidation sites excluding steroid dienone is 3. The zero-order valence-corrected chi connectivity index (χ0v) is 22.9. The number of nitriles is 1. The summed E-state index contributed by atoms with van der Waals surface area (Å²) in [6.07, 6.45) is 4.95. The number of benzene rings is 1. The quantitative estimate of drug-likeness (QED) is 0.453. The fourth-order valence-electron chi connectivity index (χ4n) is 4.89. The van der Waals surface area contributed by atoms with Gasteiger partial charge >= 0.3 is 0 Å². The van der Waals surface area contributed by atoms with Crippen LogP contribution in [0.3, 0.4) is 0 Å². The van der Waals surface area contributed by atoms with E-state index in [0.717, 1.165) is 16.8 Å². The van der Waals surface area contributed by atoms with E-state index < -0.39 is 6.04 Å². The van der Waals surface area contributed by atoms with E-state index in [2.05, 4.69) is 16.0 Å². The number of hydrogen-bond donors (Lipinski definition) is 0. The molecular formula is C28H26ClN7O3. The van der Waals surface area contributed by atoms with Crippen molar-refractivity contribution in [2.24, 2.45) is 0 Å². The highest BCUT2D eigenvalue weighted by Crippen LogP contribution is 2.46. The molecule has 10 nitrogen and oxygen atoms in total. The lowest BCUT2D eigenvalue weighted by Gasteiger charge is -2.29. The molecule has 5 rings (SSSR count). The van der Waals surface area contributed by atoms with Gasteiger partial charge in [0.2, 0.25) is 11.8 Å². The molecule has 3 aromatic rings. The Balaban J connectivity index is 1.75. The normalized spacial score (nSPS) is 16.7. The second kappa shape index (κ2) is 10.0. The highest BCUT2D eigenvalue weighted by molar-refractivity contribution is 6.43. The van der Waals surface area contributed by atoms with Gasteiger partial charge in [-0.05, 0) is 29.7 Å². The van der Waals surface area contributed by atoms with Crippen LogP contribution in [-0.4, -0.2) is 57.5 Å². The highest BCUT2D eigenvalue weighted by Gasteiger charge is 2.46. The average molecular weight is 544 g/mol. The van der Waals surface area contributed by atoms with E-state index in [0.29, 0.717) is 28.8 Å². The molecule has 1 aliphatic carbocycles. The number of carbonyl (C=O) groups excluding carboxylic acids is 2. The largest absolute Gasteiger partial charge is 0.479 e. The van der Waals surface area contributed by atoms with Gasteiger partial charge in [-0.1, -0.05) is 43.7 Å². The molecule has 2 aliphatic rings. The number of Topliss-reactive ketones (excluding diaryl/α,β-unsaturated/α-hetero) is 1. The molecule has 0 N–H and O–H groups in total. The fraction of sp³-hybridized carbons (Fsp3) is 0.286. The minimum absolute atomic E-state index is 0.0610. The number of rotatable bonds is 6. The first kappa shape index (κ1) is 26.1. The summed E-state index contributed by atoms with van der Waals surface area (Å²) >= 11 is 6.21. The molecule has 0 fully saturated rings. The summed E-state index contributed by atoms with van der Waals surface area (Å²) in [5, 5.41) is 14.2. The van der Waals surface area contributed by atoms with Gasteiger partial charge in [0.25, 0.3) is 5.91 Å². The zero-order chi connectivity index (χ0) is 28.0. The summed E-state index contributed by atoms with van der Waals surface area (Å²) in [5.74, 6) is 0.196. The van der Waals surface area contributed by atoms with Crippen LogP contribution in [0.1, 0.15) is 65.1 Å². The van der Waals surface area contributed by atoms with Crippen LogP contribution in [0, 0.1) is 11.3 Å². The molecule has 1 atom stereocenters. The maximum absolute atomic E-state index is 14.0. The highest BCUT2D eigenvalue weighted by atomic mass is 35.5. The Bertz CT molecular complexity index is 1600. The van der Waals surface area contributed by atoms with Gasteiger partial charge in [0.1, 0.15) is 5.69 Å². The maximum atomic E-state index is 14.0. The number of anilines is 1. The number of fused-ring (bicyclic) bond motifs is 1. The van der Waals surface area contributed by atoms with Gasteiger partial charge in [0.15, 0.2) is 11.5 Å². The topological polar surface area (TPSA) is 117 Å². The Labute approximate surface area is 230 Å². The first-order valence-electron chi connectivity index (χ1n) is 12.3. The third kappa shape index (κ3) is 4.34. The predicted octanol–water partition coefficient (Wildman–Crippen LogP) is 4.26. The van der Waals surface area contributed by atoms with Crippen LogP contribution in [0.15, 0.2) is 53.3 Å². The number of ketones is 1. The predicted molar refractivity (Wildman–Crippen MR) is 145 cm³/mol. The third-order valence-electron chi connectivity index (χ3n) is 6.67. The molecule has 1 amide bonds. The number of nitrogens with zero attached hydrogens (tertiary/aromatic N) is 7. The first-order valence-corrected chi connectivity index (χ1v) is 12.7. The van der Waals surface area contributed by atoms with E-state index in [1.54, 1.807) is 38.9 Å². The van der Waals surface area contributed by atoms with E-state index in [-0.39, 0.29) is 34.8 Å². The maximum Gasteiger partial charge on any atom is 0.280 e. The van der Waals surface area contributed by atoms with Crippen molar-refractivity contribution >= 4 is 29.2 Å². The molecule has 1 aromatic carbocycles. The van der Waals surface area contributed by atoms with Crippen LogP contribution in [0.2, 0.25) is 0 Å². The molecule has 39 heavy (non-hydrogen) atoms. The second-order valence-electron chi connectivity index (χ2n) is 9.73. The second-order valence-corrected chi connectivity index (χ2v) is 10.1. The summed E-state index contributed by atoms with van der Waals surface area (Å²) in [5.41, 5.74) is 4.10. The third-order valence-corrected chi connectivity index (χ3v) is 6.99. The van der Waals surface area contributed by atoms with Crippen molar-refractivity contribution in [1.82, 2.24) is 24.6 Å². The number of ether oxygens (including phenoxy) is 1. The molecule has 0 bridgehead atoms. The lowest BCUT2D eigenvalue weighted by Crippen LogP contribution is -2.30. The van der Waals surface area contributed by atoms with Crippen molar-refractivity contribution in [3.8, 4) is 17.6 Å². The molecule has 0 saturated heterocycles. The van der Waals surface area contributed by atoms with Crippen LogP contribution in [0.4, 0.5) is 5.95 Å². The first-order chi connectivity index (χ1) is 18.7. The van der Waals surface area contributed by atoms with Crippen LogP contribution in [0.25, 0.3) is 5.69 Å². The number of hydrogen-bond acceptors (Lipinski definition) is 8. The molecule has 1 unspecified atom stereocenters. The summed E-state index contributed by atoms with van der Waals surface area (Å²) in [7, 11) is 5.19. The Kier molecular flexibility index (Phi) is 6.70. The molecule has 2 aromatic heterocycles. The minimum atomic E-state index is -0.570.